The number of likely N-dealkylation sites (tertiary alicyclic amines) is 1. The number of nitrogens with zero attached hydrogens (tertiary/aromatic N) is 2. The van der Waals surface area contributed by atoms with Crippen LogP contribution in [0.2, 0.25) is 5.02 Å². The number of carbonyl (C=O) groups excluding carboxylic acids is 1. The van der Waals surface area contributed by atoms with Crippen molar-refractivity contribution in [3.05, 3.63) is 34.6 Å². The third kappa shape index (κ3) is 4.24. The highest BCUT2D eigenvalue weighted by Crippen LogP contribution is 2.25. The molecule has 1 atom stereocenters. The molecule has 6 heteroatoms. The van der Waals surface area contributed by atoms with Crippen molar-refractivity contribution in [3.63, 3.8) is 0 Å². The third-order valence-corrected chi connectivity index (χ3v) is 6.31. The minimum atomic E-state index is -0.527. The first-order valence-corrected chi connectivity index (χ1v) is 10.2. The largest absolute Gasteiger partial charge is 0.333 e. The van der Waals surface area contributed by atoms with Gasteiger partial charge in [0.25, 0.3) is 5.91 Å². The Kier molecular flexibility index (Phi) is 6.42. The predicted molar refractivity (Wildman–Crippen MR) is 98.5 cm³/mol. The van der Waals surface area contributed by atoms with Gasteiger partial charge in [-0.15, -0.1) is 0 Å². The highest BCUT2D eigenvalue weighted by atomic mass is 35.5. The van der Waals surface area contributed by atoms with E-state index >= 15 is 0 Å². The molecule has 1 amide bonds. The minimum absolute atomic E-state index is 0.0229. The van der Waals surface area contributed by atoms with Crippen molar-refractivity contribution in [1.29, 1.82) is 0 Å². The van der Waals surface area contributed by atoms with E-state index in [1.807, 2.05) is 16.7 Å². The number of benzene rings is 1. The van der Waals surface area contributed by atoms with Crippen LogP contribution in [0, 0.1) is 5.82 Å². The fourth-order valence-electron chi connectivity index (χ4n) is 3.53. The van der Waals surface area contributed by atoms with Gasteiger partial charge in [0.2, 0.25) is 0 Å². The summed E-state index contributed by atoms with van der Waals surface area (Å²) in [7, 11) is 0. The van der Waals surface area contributed by atoms with Crippen molar-refractivity contribution in [2.75, 3.05) is 37.7 Å². The van der Waals surface area contributed by atoms with Gasteiger partial charge in [0.05, 0.1) is 16.6 Å². The lowest BCUT2D eigenvalue weighted by molar-refractivity contribution is 0.0641. The molecule has 2 fully saturated rings. The first-order valence-electron chi connectivity index (χ1n) is 8.72. The molecule has 0 spiro atoms. The molecule has 2 heterocycles. The standard InChI is InChI=1S/C18H24ClFN2OS/c19-15-6-4-7-16(20)17(15)18(23)22-10-5-11-24-13-14(22)12-21-8-2-1-3-9-21/h4,6-7,14H,1-3,5,8-13H2. The number of rotatable bonds is 3. The van der Waals surface area contributed by atoms with Gasteiger partial charge >= 0.3 is 0 Å². The lowest BCUT2D eigenvalue weighted by Gasteiger charge is -2.36. The average molecular weight is 371 g/mol. The fraction of sp³-hybridized carbons (Fsp3) is 0.611. The Labute approximate surface area is 152 Å². The molecule has 1 aromatic rings. The normalized spacial score (nSPS) is 23.1. The molecule has 0 aromatic heterocycles. The second-order valence-electron chi connectivity index (χ2n) is 6.54. The Morgan fingerprint density at radius 1 is 1.21 bits per heavy atom. The van der Waals surface area contributed by atoms with Crippen LogP contribution < -0.4 is 0 Å². The van der Waals surface area contributed by atoms with Gasteiger partial charge in [-0.25, -0.2) is 4.39 Å². The highest BCUT2D eigenvalue weighted by Gasteiger charge is 2.31. The maximum Gasteiger partial charge on any atom is 0.258 e. The number of carbonyl (C=O) groups is 1. The molecular formula is C18H24ClFN2OS. The summed E-state index contributed by atoms with van der Waals surface area (Å²) in [5.74, 6) is 1.17. The van der Waals surface area contributed by atoms with E-state index in [0.29, 0.717) is 6.54 Å². The number of halogens is 2. The lowest BCUT2D eigenvalue weighted by Crippen LogP contribution is -2.49. The number of hydrogen-bond acceptors (Lipinski definition) is 3. The molecule has 0 saturated carbocycles. The van der Waals surface area contributed by atoms with Crippen molar-refractivity contribution in [2.24, 2.45) is 0 Å². The van der Waals surface area contributed by atoms with Gasteiger partial charge in [-0.1, -0.05) is 24.1 Å². The molecule has 24 heavy (non-hydrogen) atoms. The van der Waals surface area contributed by atoms with Crippen molar-refractivity contribution in [2.45, 2.75) is 31.7 Å². The number of hydrogen-bond donors (Lipinski definition) is 0. The topological polar surface area (TPSA) is 23.6 Å². The number of piperidine rings is 1. The van der Waals surface area contributed by atoms with Crippen LogP contribution in [0.4, 0.5) is 4.39 Å². The zero-order valence-corrected chi connectivity index (χ0v) is 15.4. The van der Waals surface area contributed by atoms with Crippen LogP contribution >= 0.6 is 23.4 Å². The van der Waals surface area contributed by atoms with E-state index in [4.69, 9.17) is 11.6 Å². The van der Waals surface area contributed by atoms with Gasteiger partial charge in [-0.05, 0) is 50.2 Å². The van der Waals surface area contributed by atoms with E-state index < -0.39 is 5.82 Å². The smallest absolute Gasteiger partial charge is 0.258 e. The maximum absolute atomic E-state index is 14.2. The molecular weight excluding hydrogens is 347 g/mol. The van der Waals surface area contributed by atoms with Gasteiger partial charge in [0, 0.05) is 18.8 Å². The van der Waals surface area contributed by atoms with Gasteiger partial charge in [0.15, 0.2) is 0 Å². The molecule has 0 N–H and O–H groups in total. The van der Waals surface area contributed by atoms with Gasteiger partial charge in [0.1, 0.15) is 5.82 Å². The summed E-state index contributed by atoms with van der Waals surface area (Å²) in [5, 5.41) is 0.202. The summed E-state index contributed by atoms with van der Waals surface area (Å²) in [5.41, 5.74) is 0.0229. The van der Waals surface area contributed by atoms with Crippen molar-refractivity contribution >= 4 is 29.3 Å². The third-order valence-electron chi connectivity index (χ3n) is 4.79. The molecule has 3 rings (SSSR count). The summed E-state index contributed by atoms with van der Waals surface area (Å²) >= 11 is 8.01. The van der Waals surface area contributed by atoms with Crippen molar-refractivity contribution < 1.29 is 9.18 Å². The van der Waals surface area contributed by atoms with E-state index in [9.17, 15) is 9.18 Å². The molecule has 3 nitrogen and oxygen atoms in total. The number of thioether (sulfide) groups is 1. The summed E-state index contributed by atoms with van der Waals surface area (Å²) in [6, 6.07) is 4.56. The quantitative estimate of drug-likeness (QED) is 0.805. The van der Waals surface area contributed by atoms with Gasteiger partial charge in [-0.2, -0.15) is 11.8 Å². The van der Waals surface area contributed by atoms with Gasteiger partial charge in [-0.3, -0.25) is 4.79 Å². The van der Waals surface area contributed by atoms with Crippen molar-refractivity contribution in [3.8, 4) is 0 Å². The van der Waals surface area contributed by atoms with Crippen LogP contribution in [0.15, 0.2) is 18.2 Å². The van der Waals surface area contributed by atoms with Crippen LogP contribution in [-0.2, 0) is 0 Å². The Bertz CT molecular complexity index is 560. The molecule has 1 aromatic carbocycles. The first kappa shape index (κ1) is 18.0. The second-order valence-corrected chi connectivity index (χ2v) is 8.10. The van der Waals surface area contributed by atoms with E-state index in [0.717, 1.165) is 37.6 Å². The summed E-state index contributed by atoms with van der Waals surface area (Å²) in [6.07, 6.45) is 4.70. The SMILES string of the molecule is O=C(c1c(F)cccc1Cl)N1CCCSCC1CN1CCCCC1. The van der Waals surface area contributed by atoms with E-state index in [1.54, 1.807) is 6.07 Å². The number of amides is 1. The highest BCUT2D eigenvalue weighted by molar-refractivity contribution is 7.99. The molecule has 2 aliphatic heterocycles. The summed E-state index contributed by atoms with van der Waals surface area (Å²) < 4.78 is 14.2. The molecule has 0 aliphatic carbocycles. The molecule has 0 radical (unpaired) electrons. The lowest BCUT2D eigenvalue weighted by atomic mass is 10.1. The average Bonchev–Trinajstić information content (AvgIpc) is 2.81. The summed E-state index contributed by atoms with van der Waals surface area (Å²) in [4.78, 5) is 17.3. The maximum atomic E-state index is 14.2. The summed E-state index contributed by atoms with van der Waals surface area (Å²) in [6.45, 7) is 3.76. The second kappa shape index (κ2) is 8.54. The monoisotopic (exact) mass is 370 g/mol. The van der Waals surface area contributed by atoms with Crippen molar-refractivity contribution in [1.82, 2.24) is 9.80 Å². The van der Waals surface area contributed by atoms with E-state index in [-0.39, 0.29) is 22.5 Å². The Hall–Kier alpha value is -0.780. The van der Waals surface area contributed by atoms with Crippen LogP contribution in [0.1, 0.15) is 36.0 Å². The Morgan fingerprint density at radius 2 is 2.00 bits per heavy atom. The van der Waals surface area contributed by atoms with Crippen LogP contribution in [0.25, 0.3) is 0 Å². The zero-order valence-electron chi connectivity index (χ0n) is 13.8. The molecule has 2 aliphatic rings. The van der Waals surface area contributed by atoms with E-state index in [1.165, 1.54) is 31.4 Å². The Balaban J connectivity index is 1.79. The van der Waals surface area contributed by atoms with Gasteiger partial charge < -0.3 is 9.80 Å². The molecule has 1 unspecified atom stereocenters. The first-order chi connectivity index (χ1) is 11.7. The molecule has 2 saturated heterocycles. The van der Waals surface area contributed by atoms with Crippen LogP contribution in [0.5, 0.6) is 0 Å². The molecule has 0 bridgehead atoms. The predicted octanol–water partition coefficient (Wildman–Crippen LogP) is 3.91. The molecule has 132 valence electrons. The van der Waals surface area contributed by atoms with Crippen LogP contribution in [-0.4, -0.2) is 59.4 Å². The fourth-order valence-corrected chi connectivity index (χ4v) is 4.83. The minimum Gasteiger partial charge on any atom is -0.333 e. The van der Waals surface area contributed by atoms with Crippen LogP contribution in [0.3, 0.4) is 0 Å². The Morgan fingerprint density at radius 3 is 2.75 bits per heavy atom. The zero-order chi connectivity index (χ0) is 16.9. The van der Waals surface area contributed by atoms with E-state index in [2.05, 4.69) is 4.90 Å².